The molecule has 8 heteroatoms. The van der Waals surface area contributed by atoms with Crippen molar-refractivity contribution in [3.05, 3.63) is 40.7 Å². The number of aryl methyl sites for hydroxylation is 1. The number of piperidine rings is 1. The molecule has 3 atom stereocenters. The van der Waals surface area contributed by atoms with Crippen LogP contribution in [-0.4, -0.2) is 42.7 Å². The van der Waals surface area contributed by atoms with Crippen LogP contribution >= 0.6 is 11.3 Å². The zero-order valence-electron chi connectivity index (χ0n) is 18.1. The quantitative estimate of drug-likeness (QED) is 0.613. The third kappa shape index (κ3) is 4.34. The van der Waals surface area contributed by atoms with E-state index in [1.807, 2.05) is 24.0 Å². The van der Waals surface area contributed by atoms with Crippen LogP contribution in [0, 0.1) is 18.8 Å². The van der Waals surface area contributed by atoms with Gasteiger partial charge >= 0.3 is 0 Å². The SMILES string of the molecule is Cc1ccc(S(=O)(=O)N2CCCC(C(=O)N(Cc3ccc(C4CC4C)o3)C3CC3)C2)s1. The van der Waals surface area contributed by atoms with Gasteiger partial charge in [-0.1, -0.05) is 6.92 Å². The Morgan fingerprint density at radius 1 is 1.23 bits per heavy atom. The van der Waals surface area contributed by atoms with Crippen molar-refractivity contribution in [2.75, 3.05) is 13.1 Å². The van der Waals surface area contributed by atoms with Crippen LogP contribution in [0.25, 0.3) is 0 Å². The standard InChI is InChI=1S/C23H30N2O4S2/c1-15-12-20(15)21-9-8-19(29-21)14-25(18-6-7-18)23(26)17-4-3-11-24(13-17)31(27,28)22-10-5-16(2)30-22/h5,8-10,15,17-18,20H,3-4,6-7,11-14H2,1-2H3. The number of amides is 1. The van der Waals surface area contributed by atoms with Crippen LogP contribution in [-0.2, 0) is 21.4 Å². The second-order valence-corrected chi connectivity index (χ2v) is 12.8. The maximum absolute atomic E-state index is 13.5. The second-order valence-electron chi connectivity index (χ2n) is 9.39. The second kappa shape index (κ2) is 8.05. The Morgan fingerprint density at radius 3 is 2.65 bits per heavy atom. The molecule has 2 saturated carbocycles. The molecule has 1 aliphatic heterocycles. The molecule has 0 radical (unpaired) electrons. The molecule has 31 heavy (non-hydrogen) atoms. The summed E-state index contributed by atoms with van der Waals surface area (Å²) >= 11 is 1.29. The highest BCUT2D eigenvalue weighted by atomic mass is 32.2. The first-order valence-electron chi connectivity index (χ1n) is 11.3. The number of carbonyl (C=O) groups is 1. The lowest BCUT2D eigenvalue weighted by molar-refractivity contribution is -0.138. The van der Waals surface area contributed by atoms with Gasteiger partial charge in [-0.25, -0.2) is 8.42 Å². The van der Waals surface area contributed by atoms with Gasteiger partial charge in [-0.3, -0.25) is 4.79 Å². The number of furan rings is 1. The van der Waals surface area contributed by atoms with Crippen LogP contribution < -0.4 is 0 Å². The molecule has 3 heterocycles. The van der Waals surface area contributed by atoms with Gasteiger partial charge in [0.15, 0.2) is 0 Å². The molecule has 0 aromatic carbocycles. The molecule has 2 aromatic rings. The summed E-state index contributed by atoms with van der Waals surface area (Å²) in [5, 5.41) is 0. The van der Waals surface area contributed by atoms with E-state index in [4.69, 9.17) is 4.42 Å². The topological polar surface area (TPSA) is 70.8 Å². The molecular weight excluding hydrogens is 432 g/mol. The summed E-state index contributed by atoms with van der Waals surface area (Å²) in [6.07, 6.45) is 4.65. The highest BCUT2D eigenvalue weighted by Gasteiger charge is 2.41. The fraction of sp³-hybridized carbons (Fsp3) is 0.609. The Labute approximate surface area is 188 Å². The van der Waals surface area contributed by atoms with Crippen molar-refractivity contribution in [1.29, 1.82) is 0 Å². The van der Waals surface area contributed by atoms with Crippen molar-refractivity contribution < 1.29 is 17.6 Å². The number of hydrogen-bond acceptors (Lipinski definition) is 5. The van der Waals surface area contributed by atoms with Crippen LogP contribution in [0.5, 0.6) is 0 Å². The minimum atomic E-state index is -3.54. The van der Waals surface area contributed by atoms with Gasteiger partial charge in [0.2, 0.25) is 5.91 Å². The van der Waals surface area contributed by atoms with Crippen molar-refractivity contribution in [2.24, 2.45) is 11.8 Å². The monoisotopic (exact) mass is 462 g/mol. The summed E-state index contributed by atoms with van der Waals surface area (Å²) in [5.74, 6) is 2.86. The Morgan fingerprint density at radius 2 is 2.00 bits per heavy atom. The summed E-state index contributed by atoms with van der Waals surface area (Å²) in [5.41, 5.74) is 0. The lowest BCUT2D eigenvalue weighted by atomic mass is 9.98. The summed E-state index contributed by atoms with van der Waals surface area (Å²) in [7, 11) is -3.54. The fourth-order valence-electron chi connectivity index (χ4n) is 4.61. The Kier molecular flexibility index (Phi) is 5.51. The molecule has 3 aliphatic rings. The average molecular weight is 463 g/mol. The minimum absolute atomic E-state index is 0.0718. The first-order chi connectivity index (χ1) is 14.8. The number of nitrogens with zero attached hydrogens (tertiary/aromatic N) is 2. The van der Waals surface area contributed by atoms with E-state index in [1.165, 1.54) is 22.1 Å². The van der Waals surface area contributed by atoms with E-state index in [9.17, 15) is 13.2 Å². The fourth-order valence-corrected chi connectivity index (χ4v) is 7.57. The maximum atomic E-state index is 13.5. The van der Waals surface area contributed by atoms with Gasteiger partial charge in [-0.2, -0.15) is 4.31 Å². The van der Waals surface area contributed by atoms with Crippen molar-refractivity contribution in [1.82, 2.24) is 9.21 Å². The highest BCUT2D eigenvalue weighted by Crippen LogP contribution is 2.47. The molecule has 2 aromatic heterocycles. The van der Waals surface area contributed by atoms with Gasteiger partial charge in [0, 0.05) is 29.9 Å². The molecule has 0 N–H and O–H groups in total. The predicted octanol–water partition coefficient (Wildman–Crippen LogP) is 4.36. The maximum Gasteiger partial charge on any atom is 0.252 e. The zero-order chi connectivity index (χ0) is 21.8. The normalized spacial score (nSPS) is 26.7. The molecule has 5 rings (SSSR count). The minimum Gasteiger partial charge on any atom is -0.464 e. The van der Waals surface area contributed by atoms with E-state index < -0.39 is 10.0 Å². The van der Waals surface area contributed by atoms with E-state index in [1.54, 1.807) is 6.07 Å². The largest absolute Gasteiger partial charge is 0.464 e. The molecule has 1 saturated heterocycles. The number of hydrogen-bond donors (Lipinski definition) is 0. The van der Waals surface area contributed by atoms with E-state index in [0.717, 1.165) is 35.7 Å². The first kappa shape index (κ1) is 21.2. The summed E-state index contributed by atoms with van der Waals surface area (Å²) in [6, 6.07) is 7.82. The first-order valence-corrected chi connectivity index (χ1v) is 13.5. The van der Waals surface area contributed by atoms with E-state index >= 15 is 0 Å². The number of carbonyl (C=O) groups excluding carboxylic acids is 1. The molecule has 3 unspecified atom stereocenters. The van der Waals surface area contributed by atoms with Gasteiger partial charge < -0.3 is 9.32 Å². The predicted molar refractivity (Wildman–Crippen MR) is 119 cm³/mol. The third-order valence-corrected chi connectivity index (χ3v) is 10.1. The van der Waals surface area contributed by atoms with E-state index in [0.29, 0.717) is 35.6 Å². The molecule has 6 nitrogen and oxygen atoms in total. The Balaban J connectivity index is 1.29. The van der Waals surface area contributed by atoms with Gasteiger partial charge in [0.1, 0.15) is 15.7 Å². The van der Waals surface area contributed by atoms with Gasteiger partial charge in [0.05, 0.1) is 12.5 Å². The summed E-state index contributed by atoms with van der Waals surface area (Å²) in [6.45, 7) is 5.37. The highest BCUT2D eigenvalue weighted by molar-refractivity contribution is 7.91. The number of thiophene rings is 1. The van der Waals surface area contributed by atoms with Gasteiger partial charge in [0.25, 0.3) is 10.0 Å². The molecule has 3 fully saturated rings. The van der Waals surface area contributed by atoms with Gasteiger partial charge in [-0.15, -0.1) is 11.3 Å². The Hall–Kier alpha value is -1.64. The molecular formula is C23H30N2O4S2. The molecule has 1 amide bonds. The molecule has 0 spiro atoms. The van der Waals surface area contributed by atoms with E-state index in [2.05, 4.69) is 13.0 Å². The van der Waals surface area contributed by atoms with Crippen molar-refractivity contribution in [2.45, 2.75) is 68.7 Å². The lowest BCUT2D eigenvalue weighted by Gasteiger charge is -2.34. The third-order valence-electron chi connectivity index (χ3n) is 6.80. The smallest absolute Gasteiger partial charge is 0.252 e. The van der Waals surface area contributed by atoms with Crippen LogP contribution in [0.1, 0.15) is 61.3 Å². The van der Waals surface area contributed by atoms with Crippen LogP contribution in [0.4, 0.5) is 0 Å². The molecule has 168 valence electrons. The van der Waals surface area contributed by atoms with Crippen LogP contribution in [0.3, 0.4) is 0 Å². The summed E-state index contributed by atoms with van der Waals surface area (Å²) in [4.78, 5) is 16.4. The number of rotatable bonds is 7. The van der Waals surface area contributed by atoms with Crippen LogP contribution in [0.2, 0.25) is 0 Å². The lowest BCUT2D eigenvalue weighted by Crippen LogP contribution is -2.47. The summed E-state index contributed by atoms with van der Waals surface area (Å²) < 4.78 is 34.1. The van der Waals surface area contributed by atoms with Gasteiger partial charge in [-0.05, 0) is 69.2 Å². The Bertz CT molecular complexity index is 1070. The zero-order valence-corrected chi connectivity index (χ0v) is 19.8. The number of sulfonamides is 1. The molecule has 2 aliphatic carbocycles. The van der Waals surface area contributed by atoms with Crippen molar-refractivity contribution >= 4 is 27.3 Å². The van der Waals surface area contributed by atoms with Crippen LogP contribution in [0.15, 0.2) is 32.9 Å². The van der Waals surface area contributed by atoms with Crippen molar-refractivity contribution in [3.8, 4) is 0 Å². The average Bonchev–Trinajstić information content (AvgIpc) is 3.63. The van der Waals surface area contributed by atoms with Crippen molar-refractivity contribution in [3.63, 3.8) is 0 Å². The molecule has 0 bridgehead atoms. The van der Waals surface area contributed by atoms with E-state index in [-0.39, 0.29) is 24.4 Å².